The molecule has 0 aromatic carbocycles. The Bertz CT molecular complexity index is 406. The van der Waals surface area contributed by atoms with E-state index in [9.17, 15) is 4.79 Å². The van der Waals surface area contributed by atoms with Gasteiger partial charge in [-0.25, -0.2) is 4.98 Å². The second-order valence-electron chi connectivity index (χ2n) is 3.75. The molecule has 1 heterocycles. The van der Waals surface area contributed by atoms with Gasteiger partial charge in [0.2, 0.25) is 0 Å². The number of aromatic nitrogens is 2. The molecule has 0 radical (unpaired) electrons. The number of aliphatic hydroxyl groups is 3. The van der Waals surface area contributed by atoms with Gasteiger partial charge in [-0.15, -0.1) is 0 Å². The van der Waals surface area contributed by atoms with E-state index in [0.717, 1.165) is 0 Å². The van der Waals surface area contributed by atoms with E-state index in [0.29, 0.717) is 6.54 Å². The predicted molar refractivity (Wildman–Crippen MR) is 61.8 cm³/mol. The molecular weight excluding hydrogens is 226 g/mol. The SMILES string of the molecule is CCn1ccnc(NC(CO)(CO)CO)c1=O. The molecule has 7 nitrogen and oxygen atoms in total. The topological polar surface area (TPSA) is 108 Å². The fraction of sp³-hybridized carbons (Fsp3) is 0.600. The molecular formula is C10H17N3O4. The summed E-state index contributed by atoms with van der Waals surface area (Å²) in [7, 11) is 0. The van der Waals surface area contributed by atoms with Crippen molar-refractivity contribution in [2.45, 2.75) is 19.0 Å². The van der Waals surface area contributed by atoms with Gasteiger partial charge < -0.3 is 25.2 Å². The predicted octanol–water partition coefficient (Wildman–Crippen LogP) is -1.61. The lowest BCUT2D eigenvalue weighted by molar-refractivity contribution is 0.0830. The van der Waals surface area contributed by atoms with E-state index in [1.807, 2.05) is 6.92 Å². The van der Waals surface area contributed by atoms with Crippen LogP contribution in [0.1, 0.15) is 6.92 Å². The van der Waals surface area contributed by atoms with Crippen LogP contribution in [-0.4, -0.2) is 50.2 Å². The normalized spacial score (nSPS) is 11.5. The van der Waals surface area contributed by atoms with Gasteiger partial charge in [0.05, 0.1) is 19.8 Å². The summed E-state index contributed by atoms with van der Waals surface area (Å²) in [4.78, 5) is 15.7. The largest absolute Gasteiger partial charge is 0.394 e. The Morgan fingerprint density at radius 3 is 2.41 bits per heavy atom. The smallest absolute Gasteiger partial charge is 0.293 e. The highest BCUT2D eigenvalue weighted by molar-refractivity contribution is 5.35. The quantitative estimate of drug-likeness (QED) is 0.479. The van der Waals surface area contributed by atoms with E-state index in [2.05, 4.69) is 10.3 Å². The number of nitrogens with one attached hydrogen (secondary N) is 1. The summed E-state index contributed by atoms with van der Waals surface area (Å²) in [5.41, 5.74) is -1.71. The first kappa shape index (κ1) is 13.6. The highest BCUT2D eigenvalue weighted by Crippen LogP contribution is 2.08. The first-order chi connectivity index (χ1) is 8.12. The third kappa shape index (κ3) is 2.82. The number of anilines is 1. The summed E-state index contributed by atoms with van der Waals surface area (Å²) in [6.07, 6.45) is 2.97. The molecule has 0 amide bonds. The summed E-state index contributed by atoms with van der Waals surface area (Å²) in [5.74, 6) is -0.00787. The molecule has 0 spiro atoms. The second kappa shape index (κ2) is 5.76. The lowest BCUT2D eigenvalue weighted by Gasteiger charge is -2.28. The fourth-order valence-electron chi connectivity index (χ4n) is 1.30. The van der Waals surface area contributed by atoms with Crippen molar-refractivity contribution in [2.24, 2.45) is 0 Å². The minimum absolute atomic E-state index is 0.00787. The minimum atomic E-state index is -1.35. The van der Waals surface area contributed by atoms with E-state index < -0.39 is 25.4 Å². The van der Waals surface area contributed by atoms with E-state index >= 15 is 0 Å². The van der Waals surface area contributed by atoms with Crippen molar-refractivity contribution >= 4 is 5.82 Å². The van der Waals surface area contributed by atoms with Crippen LogP contribution in [0.4, 0.5) is 5.82 Å². The maximum atomic E-state index is 11.8. The molecule has 0 aliphatic heterocycles. The van der Waals surface area contributed by atoms with Gasteiger partial charge in [-0.05, 0) is 6.92 Å². The van der Waals surface area contributed by atoms with Crippen molar-refractivity contribution in [1.82, 2.24) is 9.55 Å². The van der Waals surface area contributed by atoms with Crippen molar-refractivity contribution in [3.63, 3.8) is 0 Å². The Morgan fingerprint density at radius 2 is 1.94 bits per heavy atom. The molecule has 0 fully saturated rings. The van der Waals surface area contributed by atoms with Gasteiger partial charge in [0.1, 0.15) is 5.54 Å². The summed E-state index contributed by atoms with van der Waals surface area (Å²) in [6, 6.07) is 0. The van der Waals surface area contributed by atoms with Crippen molar-refractivity contribution in [2.75, 3.05) is 25.1 Å². The van der Waals surface area contributed by atoms with Gasteiger partial charge in [0.15, 0.2) is 5.82 Å². The van der Waals surface area contributed by atoms with Crippen molar-refractivity contribution in [1.29, 1.82) is 0 Å². The minimum Gasteiger partial charge on any atom is -0.394 e. The molecule has 1 rings (SSSR count). The average Bonchev–Trinajstić information content (AvgIpc) is 2.38. The molecule has 0 bridgehead atoms. The third-order valence-electron chi connectivity index (χ3n) is 2.55. The zero-order valence-electron chi connectivity index (χ0n) is 9.63. The number of hydrogen-bond donors (Lipinski definition) is 4. The number of rotatable bonds is 6. The zero-order valence-corrected chi connectivity index (χ0v) is 9.63. The first-order valence-electron chi connectivity index (χ1n) is 5.28. The lowest BCUT2D eigenvalue weighted by atomic mass is 10.0. The van der Waals surface area contributed by atoms with Gasteiger partial charge >= 0.3 is 0 Å². The Hall–Kier alpha value is -1.44. The molecule has 0 aliphatic rings. The Morgan fingerprint density at radius 1 is 1.35 bits per heavy atom. The van der Waals surface area contributed by atoms with Crippen LogP contribution in [0.5, 0.6) is 0 Å². The molecule has 0 unspecified atom stereocenters. The number of aryl methyl sites for hydroxylation is 1. The van der Waals surface area contributed by atoms with Crippen molar-refractivity contribution in [3.05, 3.63) is 22.7 Å². The Kier molecular flexibility index (Phi) is 4.62. The number of nitrogens with zero attached hydrogens (tertiary/aromatic N) is 2. The van der Waals surface area contributed by atoms with Crippen LogP contribution in [0.25, 0.3) is 0 Å². The van der Waals surface area contributed by atoms with Gasteiger partial charge in [0.25, 0.3) is 5.56 Å². The summed E-state index contributed by atoms with van der Waals surface area (Å²) in [5, 5.41) is 30.0. The molecule has 0 atom stereocenters. The monoisotopic (exact) mass is 243 g/mol. The lowest BCUT2D eigenvalue weighted by Crippen LogP contribution is -2.50. The van der Waals surface area contributed by atoms with Crippen molar-refractivity contribution in [3.8, 4) is 0 Å². The van der Waals surface area contributed by atoms with E-state index in [-0.39, 0.29) is 11.4 Å². The zero-order chi connectivity index (χ0) is 12.9. The van der Waals surface area contributed by atoms with Gasteiger partial charge in [-0.2, -0.15) is 0 Å². The average molecular weight is 243 g/mol. The van der Waals surface area contributed by atoms with E-state index in [4.69, 9.17) is 15.3 Å². The van der Waals surface area contributed by atoms with Crippen LogP contribution in [0.2, 0.25) is 0 Å². The van der Waals surface area contributed by atoms with E-state index in [1.54, 1.807) is 0 Å². The van der Waals surface area contributed by atoms with Gasteiger partial charge in [-0.1, -0.05) is 0 Å². The first-order valence-corrected chi connectivity index (χ1v) is 5.28. The molecule has 1 aromatic rings. The Balaban J connectivity index is 3.06. The molecule has 96 valence electrons. The summed E-state index contributed by atoms with van der Waals surface area (Å²) in [6.45, 7) is 0.759. The number of aliphatic hydroxyl groups excluding tert-OH is 3. The maximum Gasteiger partial charge on any atom is 0.293 e. The maximum absolute atomic E-state index is 11.8. The summed E-state index contributed by atoms with van der Waals surface area (Å²) >= 11 is 0. The van der Waals surface area contributed by atoms with Crippen LogP contribution in [0.15, 0.2) is 17.2 Å². The van der Waals surface area contributed by atoms with Crippen molar-refractivity contribution < 1.29 is 15.3 Å². The molecule has 17 heavy (non-hydrogen) atoms. The van der Waals surface area contributed by atoms with Crippen LogP contribution in [0.3, 0.4) is 0 Å². The molecule has 0 saturated heterocycles. The highest BCUT2D eigenvalue weighted by Gasteiger charge is 2.29. The standard InChI is InChI=1S/C10H17N3O4/c1-2-13-4-3-11-8(9(13)17)12-10(5-14,6-15)7-16/h3-4,14-16H,2,5-7H2,1H3,(H,11,12). The van der Waals surface area contributed by atoms with Gasteiger partial charge in [-0.3, -0.25) is 4.79 Å². The van der Waals surface area contributed by atoms with Crippen LogP contribution in [-0.2, 0) is 6.54 Å². The summed E-state index contributed by atoms with van der Waals surface area (Å²) < 4.78 is 1.42. The molecule has 7 heteroatoms. The Labute approximate surface area is 98.4 Å². The molecule has 1 aromatic heterocycles. The third-order valence-corrected chi connectivity index (χ3v) is 2.55. The van der Waals surface area contributed by atoms with Gasteiger partial charge in [0, 0.05) is 18.9 Å². The van der Waals surface area contributed by atoms with E-state index in [1.165, 1.54) is 17.0 Å². The molecule has 0 saturated carbocycles. The van der Waals surface area contributed by atoms with Crippen LogP contribution >= 0.6 is 0 Å². The van der Waals surface area contributed by atoms with Crippen LogP contribution < -0.4 is 10.9 Å². The number of hydrogen-bond acceptors (Lipinski definition) is 6. The molecule has 0 aliphatic carbocycles. The van der Waals surface area contributed by atoms with Crippen LogP contribution in [0, 0.1) is 0 Å². The second-order valence-corrected chi connectivity index (χ2v) is 3.75. The highest BCUT2D eigenvalue weighted by atomic mass is 16.3. The fourth-order valence-corrected chi connectivity index (χ4v) is 1.30. The molecule has 4 N–H and O–H groups in total.